The van der Waals surface area contributed by atoms with Crippen LogP contribution in [0.5, 0.6) is 23.0 Å². The lowest BCUT2D eigenvalue weighted by Gasteiger charge is -2.46. The van der Waals surface area contributed by atoms with E-state index in [9.17, 15) is 0 Å². The highest BCUT2D eigenvalue weighted by atomic mass is 31.2. The summed E-state index contributed by atoms with van der Waals surface area (Å²) in [5.74, 6) is 2.25. The van der Waals surface area contributed by atoms with Crippen LogP contribution in [0.1, 0.15) is 69.5 Å². The van der Waals surface area contributed by atoms with Crippen LogP contribution in [0.25, 0.3) is 22.3 Å². The minimum atomic E-state index is -2.27. The number of hydrogen-bond donors (Lipinski definition) is 0. The molecule has 4 aliphatic rings. The van der Waals surface area contributed by atoms with Gasteiger partial charge in [-0.05, 0) is 74.3 Å². The first-order valence-electron chi connectivity index (χ1n) is 26.5. The summed E-state index contributed by atoms with van der Waals surface area (Å²) in [6.45, 7) is 4.50. The van der Waals surface area contributed by atoms with Crippen molar-refractivity contribution in [3.05, 3.63) is 310 Å². The lowest BCUT2D eigenvalue weighted by Crippen LogP contribution is -2.50. The van der Waals surface area contributed by atoms with E-state index in [1.54, 1.807) is 14.2 Å². The van der Waals surface area contributed by atoms with Gasteiger partial charge in [-0.1, -0.05) is 244 Å². The van der Waals surface area contributed by atoms with Crippen molar-refractivity contribution in [1.82, 2.24) is 0 Å². The summed E-state index contributed by atoms with van der Waals surface area (Å²) in [7, 11) is -1.11. The molecular weight excluding hydrogens is 1020 g/mol. The molecule has 0 aromatic heterocycles. The fourth-order valence-electron chi connectivity index (χ4n) is 12.9. The van der Waals surface area contributed by atoms with Crippen LogP contribution in [0.3, 0.4) is 0 Å². The Kier molecular flexibility index (Phi) is 12.0. The summed E-state index contributed by atoms with van der Waals surface area (Å²) in [6.07, 6.45) is 0. The zero-order valence-corrected chi connectivity index (χ0v) is 45.7. The number of benzene rings is 10. The number of fused-ring (bicyclic) bond motifs is 11. The van der Waals surface area contributed by atoms with Crippen LogP contribution in [0.4, 0.5) is 0 Å². The van der Waals surface area contributed by atoms with Crippen molar-refractivity contribution in [2.24, 2.45) is 0 Å². The van der Waals surface area contributed by atoms with E-state index in [2.05, 4.69) is 220 Å². The van der Waals surface area contributed by atoms with Gasteiger partial charge in [0.2, 0.25) is 0 Å². The summed E-state index contributed by atoms with van der Waals surface area (Å²) < 4.78 is 59.0. The van der Waals surface area contributed by atoms with E-state index in [-0.39, 0.29) is 0 Å². The number of ether oxygens (including phenoxy) is 2. The Labute approximate surface area is 463 Å². The lowest BCUT2D eigenvalue weighted by atomic mass is 9.62. The van der Waals surface area contributed by atoms with Gasteiger partial charge in [-0.2, -0.15) is 0 Å². The molecule has 4 atom stereocenters. The van der Waals surface area contributed by atoms with Crippen molar-refractivity contribution in [2.45, 2.75) is 41.7 Å². The Bertz CT molecular complexity index is 3800. The molecule has 10 aromatic carbocycles. The molecule has 4 unspecified atom stereocenters. The summed E-state index contributed by atoms with van der Waals surface area (Å²) >= 11 is 0. The zero-order chi connectivity index (χ0) is 53.4. The standard InChI is InChI=1S/C69H54O8P2/c1-65(2)60-41-25-26-42-61(60)69(52-37-21-10-22-38-52)67(49-31-15-7-16-32-49,50-33-17-8-18-34-50)75-79(77-69)73-64-58(45-54(71-4)46-62(64)65)57-44-53(70-3)43-56-55-39-23-24-40-59(55)68(51-35-19-9-20-36-51)66(47-27-11-5-12-28-47,48-29-13-6-14-30-48)74-78(76-68)72-63(56)57/h5-46H,1-4H3. The first-order chi connectivity index (χ1) is 38.8. The van der Waals surface area contributed by atoms with E-state index in [1.807, 2.05) is 48.5 Å². The molecule has 4 aliphatic heterocycles. The molecule has 14 rings (SSSR count). The van der Waals surface area contributed by atoms with Gasteiger partial charge in [0.1, 0.15) is 23.0 Å². The minimum absolute atomic E-state index is 0.512. The van der Waals surface area contributed by atoms with Gasteiger partial charge in [-0.3, -0.25) is 18.1 Å². The molecule has 2 fully saturated rings. The van der Waals surface area contributed by atoms with Gasteiger partial charge >= 0.3 is 17.2 Å². The summed E-state index contributed by atoms with van der Waals surface area (Å²) in [5, 5.41) is 0. The third kappa shape index (κ3) is 7.23. The zero-order valence-electron chi connectivity index (χ0n) is 43.9. The van der Waals surface area contributed by atoms with E-state index in [1.165, 1.54) is 0 Å². The third-order valence-electron chi connectivity index (χ3n) is 16.4. The van der Waals surface area contributed by atoms with E-state index in [0.29, 0.717) is 34.1 Å². The Hall–Kier alpha value is -7.90. The molecule has 4 heterocycles. The van der Waals surface area contributed by atoms with Crippen molar-refractivity contribution in [2.75, 3.05) is 14.2 Å². The molecule has 388 valence electrons. The quantitative estimate of drug-likeness (QED) is 0.132. The monoisotopic (exact) mass is 1070 g/mol. The third-order valence-corrected chi connectivity index (χ3v) is 18.7. The Morgan fingerprint density at radius 3 is 1.03 bits per heavy atom. The molecule has 2 saturated heterocycles. The highest BCUT2D eigenvalue weighted by Gasteiger charge is 2.70. The summed E-state index contributed by atoms with van der Waals surface area (Å²) in [5.41, 5.74) is 6.22. The Morgan fingerprint density at radius 2 is 0.595 bits per heavy atom. The van der Waals surface area contributed by atoms with Crippen molar-refractivity contribution in [3.63, 3.8) is 0 Å². The van der Waals surface area contributed by atoms with Gasteiger partial charge < -0.3 is 18.5 Å². The molecule has 4 bridgehead atoms. The van der Waals surface area contributed by atoms with Crippen LogP contribution in [-0.4, -0.2) is 14.2 Å². The molecule has 0 radical (unpaired) electrons. The maximum Gasteiger partial charge on any atom is 0.400 e. The van der Waals surface area contributed by atoms with Crippen LogP contribution in [0, 0.1) is 0 Å². The summed E-state index contributed by atoms with van der Waals surface area (Å²) in [4.78, 5) is 0. The Morgan fingerprint density at radius 1 is 0.291 bits per heavy atom. The topological polar surface area (TPSA) is 73.8 Å². The van der Waals surface area contributed by atoms with Gasteiger partial charge in [0.25, 0.3) is 0 Å². The van der Waals surface area contributed by atoms with Crippen LogP contribution in [0.15, 0.2) is 255 Å². The molecule has 79 heavy (non-hydrogen) atoms. The lowest BCUT2D eigenvalue weighted by molar-refractivity contribution is 0.00259. The summed E-state index contributed by atoms with van der Waals surface area (Å²) in [6, 6.07) is 87.6. The predicted molar refractivity (Wildman–Crippen MR) is 310 cm³/mol. The molecule has 0 N–H and O–H groups in total. The van der Waals surface area contributed by atoms with Crippen molar-refractivity contribution < 1.29 is 36.6 Å². The van der Waals surface area contributed by atoms with Crippen molar-refractivity contribution in [3.8, 4) is 45.3 Å². The highest BCUT2D eigenvalue weighted by Crippen LogP contribution is 2.75. The van der Waals surface area contributed by atoms with Crippen LogP contribution < -0.4 is 18.5 Å². The first-order valence-corrected chi connectivity index (χ1v) is 28.7. The van der Waals surface area contributed by atoms with E-state index >= 15 is 0 Å². The van der Waals surface area contributed by atoms with Gasteiger partial charge in [0.05, 0.1) is 14.2 Å². The second-order valence-corrected chi connectivity index (χ2v) is 22.7. The maximum atomic E-state index is 7.84. The normalized spacial score (nSPS) is 21.6. The molecule has 8 nitrogen and oxygen atoms in total. The predicted octanol–water partition coefficient (Wildman–Crippen LogP) is 17.1. The SMILES string of the molecule is COc1cc2c(c(-c3cc(OC)cc4c3OP3OC(c5ccccc5)(c5ccccc5)C(c5ccccc5)(O3)c3ccccc3C4(C)C)c1)OP1OC(c3ccccc3)(c3ccccc3)C(c3ccccc3)(O1)c1ccccc1-2. The minimum Gasteiger partial charge on any atom is -0.497 e. The molecule has 0 saturated carbocycles. The average molecular weight is 1070 g/mol. The second-order valence-electron chi connectivity index (χ2n) is 20.7. The van der Waals surface area contributed by atoms with Crippen LogP contribution >= 0.6 is 17.2 Å². The number of methoxy groups -OCH3 is 2. The van der Waals surface area contributed by atoms with Crippen molar-refractivity contribution >= 4 is 17.2 Å². The number of rotatable bonds is 9. The molecular formula is C69H54O8P2. The van der Waals surface area contributed by atoms with Gasteiger partial charge in [0, 0.05) is 33.2 Å². The Balaban J connectivity index is 1.06. The van der Waals surface area contributed by atoms with Crippen LogP contribution in [-0.2, 0) is 45.9 Å². The van der Waals surface area contributed by atoms with Gasteiger partial charge in [-0.25, -0.2) is 0 Å². The fourth-order valence-corrected chi connectivity index (χ4v) is 16.0. The highest BCUT2D eigenvalue weighted by molar-refractivity contribution is 7.42. The first kappa shape index (κ1) is 49.4. The average Bonchev–Trinajstić information content (AvgIpc) is 4.19. The smallest absolute Gasteiger partial charge is 0.400 e. The number of hydrogen-bond acceptors (Lipinski definition) is 8. The molecule has 10 heteroatoms. The van der Waals surface area contributed by atoms with E-state index in [4.69, 9.17) is 36.6 Å². The maximum absolute atomic E-state index is 7.84. The van der Waals surface area contributed by atoms with Crippen molar-refractivity contribution in [1.29, 1.82) is 0 Å². The van der Waals surface area contributed by atoms with Gasteiger partial charge in [0.15, 0.2) is 22.4 Å². The molecule has 10 aromatic rings. The van der Waals surface area contributed by atoms with Crippen LogP contribution in [0.2, 0.25) is 0 Å². The molecule has 0 amide bonds. The van der Waals surface area contributed by atoms with E-state index in [0.717, 1.165) is 66.8 Å². The molecule has 0 aliphatic carbocycles. The van der Waals surface area contributed by atoms with Gasteiger partial charge in [-0.15, -0.1) is 0 Å². The molecule has 0 spiro atoms. The largest absolute Gasteiger partial charge is 0.497 e. The second kappa shape index (κ2) is 19.2. The fraction of sp³-hybridized carbons (Fsp3) is 0.130. The van der Waals surface area contributed by atoms with E-state index < -0.39 is 45.0 Å².